The van der Waals surface area contributed by atoms with Crippen molar-refractivity contribution in [1.29, 1.82) is 0 Å². The number of thiophene rings is 1. The Balaban J connectivity index is 1.40. The van der Waals surface area contributed by atoms with Crippen molar-refractivity contribution in [3.8, 4) is 0 Å². The molecular formula is C17H27N3OS. The van der Waals surface area contributed by atoms with Gasteiger partial charge in [0.15, 0.2) is 0 Å². The van der Waals surface area contributed by atoms with E-state index in [0.717, 1.165) is 36.7 Å². The molecule has 0 radical (unpaired) electrons. The normalized spacial score (nSPS) is 21.9. The van der Waals surface area contributed by atoms with Crippen LogP contribution >= 0.6 is 11.3 Å². The fourth-order valence-electron chi connectivity index (χ4n) is 3.50. The highest BCUT2D eigenvalue weighted by Gasteiger charge is 2.24. The van der Waals surface area contributed by atoms with E-state index in [1.54, 1.807) is 11.3 Å². The van der Waals surface area contributed by atoms with Crippen LogP contribution in [0.2, 0.25) is 0 Å². The second-order valence-electron chi connectivity index (χ2n) is 6.65. The minimum atomic E-state index is 0.106. The highest BCUT2D eigenvalue weighted by Crippen LogP contribution is 2.19. The molecule has 3 rings (SSSR count). The van der Waals surface area contributed by atoms with Gasteiger partial charge in [-0.25, -0.2) is 0 Å². The van der Waals surface area contributed by atoms with Gasteiger partial charge in [0.25, 0.3) is 5.91 Å². The summed E-state index contributed by atoms with van der Waals surface area (Å²) in [6.45, 7) is 7.89. The number of nitrogens with zero attached hydrogens (tertiary/aromatic N) is 1. The van der Waals surface area contributed by atoms with Crippen molar-refractivity contribution in [3.05, 3.63) is 21.9 Å². The second-order valence-corrected chi connectivity index (χ2v) is 7.94. The average molecular weight is 321 g/mol. The second kappa shape index (κ2) is 7.57. The van der Waals surface area contributed by atoms with Crippen molar-refractivity contribution in [2.45, 2.75) is 38.6 Å². The molecule has 0 saturated carbocycles. The third-order valence-electron chi connectivity index (χ3n) is 4.86. The zero-order valence-corrected chi connectivity index (χ0v) is 14.3. The average Bonchev–Trinajstić information content (AvgIpc) is 2.97. The molecule has 3 heterocycles. The van der Waals surface area contributed by atoms with Gasteiger partial charge in [0.1, 0.15) is 0 Å². The first-order valence-corrected chi connectivity index (χ1v) is 9.33. The van der Waals surface area contributed by atoms with E-state index in [9.17, 15) is 4.79 Å². The van der Waals surface area contributed by atoms with Crippen molar-refractivity contribution in [2.24, 2.45) is 5.92 Å². The number of hydrogen-bond acceptors (Lipinski definition) is 4. The van der Waals surface area contributed by atoms with E-state index >= 15 is 0 Å². The van der Waals surface area contributed by atoms with Gasteiger partial charge < -0.3 is 15.5 Å². The van der Waals surface area contributed by atoms with Crippen molar-refractivity contribution < 1.29 is 4.79 Å². The fraction of sp³-hybridized carbons (Fsp3) is 0.706. The van der Waals surface area contributed by atoms with Crippen LogP contribution in [0.3, 0.4) is 0 Å². The van der Waals surface area contributed by atoms with Crippen LogP contribution in [0.1, 0.15) is 40.2 Å². The molecule has 4 nitrogen and oxygen atoms in total. The van der Waals surface area contributed by atoms with Gasteiger partial charge in [0, 0.05) is 30.6 Å². The van der Waals surface area contributed by atoms with E-state index in [-0.39, 0.29) is 5.91 Å². The molecule has 2 aliphatic rings. The molecule has 0 bridgehead atoms. The predicted octanol–water partition coefficient (Wildman–Crippen LogP) is 2.25. The molecule has 1 aromatic heterocycles. The molecule has 122 valence electrons. The van der Waals surface area contributed by atoms with E-state index in [1.165, 1.54) is 37.4 Å². The Morgan fingerprint density at radius 1 is 1.27 bits per heavy atom. The fourth-order valence-corrected chi connectivity index (χ4v) is 4.27. The lowest BCUT2D eigenvalue weighted by Crippen LogP contribution is -2.46. The standard InChI is InChI=1S/C17H27N3OS/c1-13-2-3-16(22-13)17(21)19-15-6-10-20(11-7-15)12-14-4-8-18-9-5-14/h2-3,14-15,18H,4-12H2,1H3,(H,19,21). The lowest BCUT2D eigenvalue weighted by molar-refractivity contribution is 0.0906. The third kappa shape index (κ3) is 4.31. The number of hydrogen-bond donors (Lipinski definition) is 2. The van der Waals surface area contributed by atoms with Crippen LogP contribution in [0.4, 0.5) is 0 Å². The summed E-state index contributed by atoms with van der Waals surface area (Å²) in [5.41, 5.74) is 0. The largest absolute Gasteiger partial charge is 0.349 e. The Hall–Kier alpha value is -0.910. The van der Waals surface area contributed by atoms with Crippen molar-refractivity contribution in [3.63, 3.8) is 0 Å². The minimum Gasteiger partial charge on any atom is -0.349 e. The van der Waals surface area contributed by atoms with Crippen LogP contribution in [-0.2, 0) is 0 Å². The summed E-state index contributed by atoms with van der Waals surface area (Å²) in [5.74, 6) is 0.969. The van der Waals surface area contributed by atoms with E-state index in [0.29, 0.717) is 6.04 Å². The zero-order valence-electron chi connectivity index (χ0n) is 13.4. The topological polar surface area (TPSA) is 44.4 Å². The summed E-state index contributed by atoms with van der Waals surface area (Å²) in [5, 5.41) is 6.64. The number of piperidine rings is 2. The Morgan fingerprint density at radius 3 is 2.64 bits per heavy atom. The quantitative estimate of drug-likeness (QED) is 0.894. The maximum Gasteiger partial charge on any atom is 0.261 e. The SMILES string of the molecule is Cc1ccc(C(=O)NC2CCN(CC3CCNCC3)CC2)s1. The van der Waals surface area contributed by atoms with Crippen LogP contribution in [0, 0.1) is 12.8 Å². The van der Waals surface area contributed by atoms with Gasteiger partial charge in [-0.1, -0.05) is 0 Å². The first-order chi connectivity index (χ1) is 10.7. The molecule has 2 N–H and O–H groups in total. The molecule has 0 spiro atoms. The highest BCUT2D eigenvalue weighted by atomic mass is 32.1. The molecule has 0 aromatic carbocycles. The molecule has 22 heavy (non-hydrogen) atoms. The lowest BCUT2D eigenvalue weighted by atomic mass is 9.96. The van der Waals surface area contributed by atoms with E-state index < -0.39 is 0 Å². The summed E-state index contributed by atoms with van der Waals surface area (Å²) >= 11 is 1.58. The summed E-state index contributed by atoms with van der Waals surface area (Å²) < 4.78 is 0. The third-order valence-corrected chi connectivity index (χ3v) is 5.86. The molecule has 0 unspecified atom stereocenters. The smallest absolute Gasteiger partial charge is 0.261 e. The molecule has 2 aliphatic heterocycles. The monoisotopic (exact) mass is 321 g/mol. The number of amides is 1. The highest BCUT2D eigenvalue weighted by molar-refractivity contribution is 7.13. The number of nitrogens with one attached hydrogen (secondary N) is 2. The number of carbonyl (C=O) groups is 1. The Bertz CT molecular complexity index is 488. The zero-order chi connectivity index (χ0) is 15.4. The van der Waals surface area contributed by atoms with Crippen LogP contribution in [-0.4, -0.2) is 49.6 Å². The number of likely N-dealkylation sites (tertiary alicyclic amines) is 1. The number of aryl methyl sites for hydroxylation is 1. The lowest BCUT2D eigenvalue weighted by Gasteiger charge is -2.35. The van der Waals surface area contributed by atoms with Gasteiger partial charge in [-0.3, -0.25) is 4.79 Å². The summed E-state index contributed by atoms with van der Waals surface area (Å²) in [6, 6.07) is 4.29. The van der Waals surface area contributed by atoms with Gasteiger partial charge in [0.05, 0.1) is 4.88 Å². The predicted molar refractivity (Wildman–Crippen MR) is 91.6 cm³/mol. The number of carbonyl (C=O) groups excluding carboxylic acids is 1. The minimum absolute atomic E-state index is 0.106. The summed E-state index contributed by atoms with van der Waals surface area (Å²) in [6.07, 6.45) is 4.80. The molecule has 2 saturated heterocycles. The molecular weight excluding hydrogens is 294 g/mol. The molecule has 0 atom stereocenters. The Kier molecular flexibility index (Phi) is 5.50. The van der Waals surface area contributed by atoms with Crippen LogP contribution in [0.5, 0.6) is 0 Å². The van der Waals surface area contributed by atoms with E-state index in [2.05, 4.69) is 15.5 Å². The van der Waals surface area contributed by atoms with Gasteiger partial charge >= 0.3 is 0 Å². The van der Waals surface area contributed by atoms with Gasteiger partial charge in [0.2, 0.25) is 0 Å². The van der Waals surface area contributed by atoms with Gasteiger partial charge in [-0.2, -0.15) is 0 Å². The molecule has 5 heteroatoms. The van der Waals surface area contributed by atoms with Crippen LogP contribution in [0.15, 0.2) is 12.1 Å². The first-order valence-electron chi connectivity index (χ1n) is 8.51. The van der Waals surface area contributed by atoms with E-state index in [4.69, 9.17) is 0 Å². The van der Waals surface area contributed by atoms with Gasteiger partial charge in [-0.15, -0.1) is 11.3 Å². The van der Waals surface area contributed by atoms with Crippen LogP contribution in [0.25, 0.3) is 0 Å². The Labute approximate surface area is 137 Å². The van der Waals surface area contributed by atoms with Crippen molar-refractivity contribution in [1.82, 2.24) is 15.5 Å². The van der Waals surface area contributed by atoms with E-state index in [1.807, 2.05) is 19.1 Å². The van der Waals surface area contributed by atoms with Crippen molar-refractivity contribution in [2.75, 3.05) is 32.7 Å². The first kappa shape index (κ1) is 16.0. The van der Waals surface area contributed by atoms with Crippen molar-refractivity contribution >= 4 is 17.2 Å². The molecule has 0 aliphatic carbocycles. The van der Waals surface area contributed by atoms with Gasteiger partial charge in [-0.05, 0) is 63.7 Å². The summed E-state index contributed by atoms with van der Waals surface area (Å²) in [4.78, 5) is 16.8. The van der Waals surface area contributed by atoms with Crippen LogP contribution < -0.4 is 10.6 Å². The molecule has 2 fully saturated rings. The maximum absolute atomic E-state index is 12.2. The Morgan fingerprint density at radius 2 is 2.00 bits per heavy atom. The number of rotatable bonds is 4. The molecule has 1 aromatic rings. The maximum atomic E-state index is 12.2. The summed E-state index contributed by atoms with van der Waals surface area (Å²) in [7, 11) is 0. The molecule has 1 amide bonds.